The van der Waals surface area contributed by atoms with Crippen LogP contribution in [0.1, 0.15) is 30.4 Å². The number of ether oxygens (including phenoxy) is 1. The number of benzene rings is 2. The molecule has 1 atom stereocenters. The lowest BCUT2D eigenvalue weighted by Crippen LogP contribution is -2.29. The second kappa shape index (κ2) is 8.04. The van der Waals surface area contributed by atoms with Crippen molar-refractivity contribution in [2.24, 2.45) is 0 Å². The minimum atomic E-state index is -0.101. The Balaban J connectivity index is 1.56. The molecule has 0 aliphatic carbocycles. The summed E-state index contributed by atoms with van der Waals surface area (Å²) in [6, 6.07) is 15.5. The van der Waals surface area contributed by atoms with Crippen LogP contribution in [0.5, 0.6) is 5.75 Å². The summed E-state index contributed by atoms with van der Waals surface area (Å²) in [4.78, 5) is 25.6. The molecule has 1 aliphatic rings. The molecule has 136 valence electrons. The van der Waals surface area contributed by atoms with Gasteiger partial charge in [0.25, 0.3) is 0 Å². The molecule has 0 unspecified atom stereocenters. The molecule has 2 aromatic carbocycles. The molecule has 0 bridgehead atoms. The fourth-order valence-electron chi connectivity index (χ4n) is 3.33. The monoisotopic (exact) mass is 352 g/mol. The Morgan fingerprint density at radius 2 is 1.81 bits per heavy atom. The van der Waals surface area contributed by atoms with E-state index in [9.17, 15) is 9.59 Å². The first-order valence-corrected chi connectivity index (χ1v) is 8.83. The Labute approximate surface area is 154 Å². The number of carbonyl (C=O) groups is 2. The van der Waals surface area contributed by atoms with Gasteiger partial charge in [0.05, 0.1) is 13.5 Å². The molecule has 1 saturated heterocycles. The fraction of sp³-hybridized carbons (Fsp3) is 0.333. The fourth-order valence-corrected chi connectivity index (χ4v) is 3.33. The van der Waals surface area contributed by atoms with Crippen LogP contribution in [0.2, 0.25) is 0 Å². The molecular weight excluding hydrogens is 328 g/mol. The summed E-state index contributed by atoms with van der Waals surface area (Å²) in [5.41, 5.74) is 2.95. The maximum Gasteiger partial charge on any atom is 0.227 e. The summed E-state index contributed by atoms with van der Waals surface area (Å²) in [6.07, 6.45) is 1.37. The van der Waals surface area contributed by atoms with Crippen molar-refractivity contribution >= 4 is 17.5 Å². The van der Waals surface area contributed by atoms with Crippen molar-refractivity contribution < 1.29 is 14.3 Å². The van der Waals surface area contributed by atoms with E-state index in [0.717, 1.165) is 36.5 Å². The van der Waals surface area contributed by atoms with Crippen LogP contribution < -0.4 is 10.1 Å². The number of methoxy groups -OCH3 is 1. The van der Waals surface area contributed by atoms with E-state index < -0.39 is 0 Å². The minimum absolute atomic E-state index is 0.101. The summed E-state index contributed by atoms with van der Waals surface area (Å²) in [5.74, 6) is 1.28. The third-order valence-corrected chi connectivity index (χ3v) is 4.76. The first-order valence-electron chi connectivity index (χ1n) is 8.83. The van der Waals surface area contributed by atoms with Gasteiger partial charge in [-0.15, -0.1) is 0 Å². The molecule has 5 nitrogen and oxygen atoms in total. The number of hydrogen-bond donors (Lipinski definition) is 1. The SMILES string of the molecule is COc1ccc([C@@H]2CCN(C(=O)Cc3ccc(NC(C)=O)cc3)C2)cc1. The zero-order valence-corrected chi connectivity index (χ0v) is 15.2. The highest BCUT2D eigenvalue weighted by molar-refractivity contribution is 5.88. The Bertz CT molecular complexity index is 769. The molecule has 5 heteroatoms. The van der Waals surface area contributed by atoms with Gasteiger partial charge in [-0.1, -0.05) is 24.3 Å². The minimum Gasteiger partial charge on any atom is -0.497 e. The highest BCUT2D eigenvalue weighted by atomic mass is 16.5. The van der Waals surface area contributed by atoms with E-state index in [1.165, 1.54) is 12.5 Å². The zero-order chi connectivity index (χ0) is 18.5. The number of likely N-dealkylation sites (tertiary alicyclic amines) is 1. The molecule has 0 aromatic heterocycles. The molecule has 1 heterocycles. The van der Waals surface area contributed by atoms with Gasteiger partial charge in [-0.3, -0.25) is 9.59 Å². The number of rotatable bonds is 5. The molecule has 2 amide bonds. The quantitative estimate of drug-likeness (QED) is 0.899. The van der Waals surface area contributed by atoms with Gasteiger partial charge in [0, 0.05) is 31.6 Å². The number of amides is 2. The van der Waals surface area contributed by atoms with Crippen molar-refractivity contribution in [3.8, 4) is 5.75 Å². The number of nitrogens with one attached hydrogen (secondary N) is 1. The molecule has 26 heavy (non-hydrogen) atoms. The molecular formula is C21H24N2O3. The van der Waals surface area contributed by atoms with Crippen molar-refractivity contribution in [3.63, 3.8) is 0 Å². The van der Waals surface area contributed by atoms with Crippen LogP contribution in [0.25, 0.3) is 0 Å². The maximum atomic E-state index is 12.6. The van der Waals surface area contributed by atoms with Gasteiger partial charge < -0.3 is 15.0 Å². The lowest BCUT2D eigenvalue weighted by atomic mass is 9.98. The summed E-state index contributed by atoms with van der Waals surface area (Å²) < 4.78 is 5.20. The van der Waals surface area contributed by atoms with E-state index >= 15 is 0 Å². The molecule has 0 spiro atoms. The van der Waals surface area contributed by atoms with Crippen LogP contribution in [-0.2, 0) is 16.0 Å². The molecule has 1 N–H and O–H groups in total. The molecule has 1 aliphatic heterocycles. The van der Waals surface area contributed by atoms with E-state index in [1.54, 1.807) is 7.11 Å². The predicted molar refractivity (Wildman–Crippen MR) is 101 cm³/mol. The number of carbonyl (C=O) groups excluding carboxylic acids is 2. The van der Waals surface area contributed by atoms with E-state index in [-0.39, 0.29) is 11.8 Å². The highest BCUT2D eigenvalue weighted by Crippen LogP contribution is 2.28. The van der Waals surface area contributed by atoms with Crippen LogP contribution >= 0.6 is 0 Å². The molecule has 3 rings (SSSR count). The van der Waals surface area contributed by atoms with Gasteiger partial charge in [0.2, 0.25) is 11.8 Å². The van der Waals surface area contributed by atoms with Gasteiger partial charge in [-0.05, 0) is 41.8 Å². The van der Waals surface area contributed by atoms with E-state index in [1.807, 2.05) is 41.3 Å². The first-order chi connectivity index (χ1) is 12.5. The standard InChI is InChI=1S/C21H24N2O3/c1-15(24)22-19-7-3-16(4-8-19)13-21(25)23-12-11-18(14-23)17-5-9-20(26-2)10-6-17/h3-10,18H,11-14H2,1-2H3,(H,22,24)/t18-/m1/s1. The van der Waals surface area contributed by atoms with Crippen LogP contribution in [-0.4, -0.2) is 36.9 Å². The summed E-state index contributed by atoms with van der Waals surface area (Å²) in [5, 5.41) is 2.73. The average molecular weight is 352 g/mol. The van der Waals surface area contributed by atoms with Crippen molar-refractivity contribution in [1.82, 2.24) is 4.90 Å². The maximum absolute atomic E-state index is 12.6. The highest BCUT2D eigenvalue weighted by Gasteiger charge is 2.27. The van der Waals surface area contributed by atoms with Gasteiger partial charge in [0.1, 0.15) is 5.75 Å². The Hall–Kier alpha value is -2.82. The van der Waals surface area contributed by atoms with Gasteiger partial charge >= 0.3 is 0 Å². The largest absolute Gasteiger partial charge is 0.497 e. The van der Waals surface area contributed by atoms with Crippen molar-refractivity contribution in [2.45, 2.75) is 25.7 Å². The average Bonchev–Trinajstić information content (AvgIpc) is 3.13. The first kappa shape index (κ1) is 18.0. The lowest BCUT2D eigenvalue weighted by molar-refractivity contribution is -0.129. The smallest absolute Gasteiger partial charge is 0.227 e. The molecule has 0 radical (unpaired) electrons. The van der Waals surface area contributed by atoms with Crippen LogP contribution in [0, 0.1) is 0 Å². The van der Waals surface area contributed by atoms with Gasteiger partial charge in [0.15, 0.2) is 0 Å². The Kier molecular flexibility index (Phi) is 5.56. The second-order valence-corrected chi connectivity index (χ2v) is 6.65. The van der Waals surface area contributed by atoms with Crippen LogP contribution in [0.4, 0.5) is 5.69 Å². The lowest BCUT2D eigenvalue weighted by Gasteiger charge is -2.17. The van der Waals surface area contributed by atoms with Crippen molar-refractivity contribution in [1.29, 1.82) is 0 Å². The van der Waals surface area contributed by atoms with Crippen molar-refractivity contribution in [2.75, 3.05) is 25.5 Å². The third kappa shape index (κ3) is 4.42. The zero-order valence-electron chi connectivity index (χ0n) is 15.2. The van der Waals surface area contributed by atoms with E-state index in [0.29, 0.717) is 12.3 Å². The second-order valence-electron chi connectivity index (χ2n) is 6.65. The van der Waals surface area contributed by atoms with Crippen molar-refractivity contribution in [3.05, 3.63) is 59.7 Å². The third-order valence-electron chi connectivity index (χ3n) is 4.76. The van der Waals surface area contributed by atoms with E-state index in [4.69, 9.17) is 4.74 Å². The van der Waals surface area contributed by atoms with Gasteiger partial charge in [-0.25, -0.2) is 0 Å². The summed E-state index contributed by atoms with van der Waals surface area (Å²) >= 11 is 0. The summed E-state index contributed by atoms with van der Waals surface area (Å²) in [6.45, 7) is 3.03. The Morgan fingerprint density at radius 1 is 1.12 bits per heavy atom. The Morgan fingerprint density at radius 3 is 2.42 bits per heavy atom. The van der Waals surface area contributed by atoms with Crippen LogP contribution in [0.3, 0.4) is 0 Å². The topological polar surface area (TPSA) is 58.6 Å². The van der Waals surface area contributed by atoms with E-state index in [2.05, 4.69) is 17.4 Å². The molecule has 0 saturated carbocycles. The number of hydrogen-bond acceptors (Lipinski definition) is 3. The van der Waals surface area contributed by atoms with Crippen LogP contribution in [0.15, 0.2) is 48.5 Å². The predicted octanol–water partition coefficient (Wildman–Crippen LogP) is 3.21. The molecule has 2 aromatic rings. The summed E-state index contributed by atoms with van der Waals surface area (Å²) in [7, 11) is 1.66. The van der Waals surface area contributed by atoms with Gasteiger partial charge in [-0.2, -0.15) is 0 Å². The number of nitrogens with zero attached hydrogens (tertiary/aromatic N) is 1. The molecule has 1 fully saturated rings. The number of anilines is 1. The normalized spacial score (nSPS) is 16.4.